The van der Waals surface area contributed by atoms with Crippen LogP contribution in [-0.2, 0) is 42.9 Å². The van der Waals surface area contributed by atoms with E-state index in [1.807, 2.05) is 0 Å². The number of hydrogen-bond donors (Lipinski definition) is 3. The number of unbranched alkanes of at least 4 members (excludes halogenated alkanes) is 23. The van der Waals surface area contributed by atoms with E-state index in [9.17, 15) is 34.5 Å². The van der Waals surface area contributed by atoms with E-state index in [2.05, 4.69) is 130 Å². The number of aliphatic carboxylic acids is 1. The van der Waals surface area contributed by atoms with Gasteiger partial charge in [0.25, 0.3) is 0 Å². The number of ether oxygens (including phenoxy) is 5. The van der Waals surface area contributed by atoms with Crippen molar-refractivity contribution in [3.05, 3.63) is 109 Å². The van der Waals surface area contributed by atoms with Gasteiger partial charge in [-0.1, -0.05) is 226 Å². The molecule has 0 aromatic carbocycles. The van der Waals surface area contributed by atoms with Gasteiger partial charge in [-0.05, 0) is 128 Å². The van der Waals surface area contributed by atoms with Crippen molar-refractivity contribution in [2.75, 3.05) is 13.2 Å². The van der Waals surface area contributed by atoms with Crippen molar-refractivity contribution in [2.45, 2.75) is 302 Å². The number of carboxylic acids is 1. The Kier molecular flexibility index (Phi) is 53.2. The second kappa shape index (κ2) is 57.8. The lowest BCUT2D eigenvalue weighted by Gasteiger charge is -2.40. The smallest absolute Gasteiger partial charge is 0.335 e. The maximum Gasteiger partial charge on any atom is 0.335 e. The number of rotatable bonds is 55. The van der Waals surface area contributed by atoms with Gasteiger partial charge in [-0.3, -0.25) is 14.4 Å². The van der Waals surface area contributed by atoms with Crippen LogP contribution in [0, 0.1) is 0 Å². The molecule has 1 aliphatic rings. The van der Waals surface area contributed by atoms with E-state index in [1.54, 1.807) is 0 Å². The lowest BCUT2D eigenvalue weighted by atomic mass is 9.98. The summed E-state index contributed by atoms with van der Waals surface area (Å²) in [7, 11) is 0. The molecular formula is C71H116O12. The molecule has 0 bridgehead atoms. The van der Waals surface area contributed by atoms with E-state index < -0.39 is 67.3 Å². The van der Waals surface area contributed by atoms with Gasteiger partial charge in [0.1, 0.15) is 18.8 Å². The van der Waals surface area contributed by atoms with Crippen LogP contribution in [0.4, 0.5) is 0 Å². The second-order valence-corrected chi connectivity index (χ2v) is 22.0. The van der Waals surface area contributed by atoms with E-state index in [1.165, 1.54) is 77.0 Å². The van der Waals surface area contributed by atoms with E-state index in [4.69, 9.17) is 23.7 Å². The summed E-state index contributed by atoms with van der Waals surface area (Å²) in [6, 6.07) is 0. The number of allylic oxidation sites excluding steroid dienone is 18. The van der Waals surface area contributed by atoms with Crippen LogP contribution in [0.5, 0.6) is 0 Å². The van der Waals surface area contributed by atoms with Crippen molar-refractivity contribution < 1.29 is 58.2 Å². The average Bonchev–Trinajstić information content (AvgIpc) is 3.57. The Morgan fingerprint density at radius 2 is 0.759 bits per heavy atom. The van der Waals surface area contributed by atoms with Gasteiger partial charge in [0, 0.05) is 19.3 Å². The third kappa shape index (κ3) is 47.3. The van der Waals surface area contributed by atoms with E-state index in [0.717, 1.165) is 122 Å². The maximum absolute atomic E-state index is 13.2. The van der Waals surface area contributed by atoms with E-state index in [-0.39, 0.29) is 25.9 Å². The fourth-order valence-corrected chi connectivity index (χ4v) is 9.28. The fraction of sp³-hybridized carbons (Fsp3) is 0.690. The summed E-state index contributed by atoms with van der Waals surface area (Å²) >= 11 is 0. The normalized spacial score (nSPS) is 18.3. The molecule has 472 valence electrons. The molecule has 1 rings (SSSR count). The van der Waals surface area contributed by atoms with Crippen molar-refractivity contribution in [3.8, 4) is 0 Å². The molecule has 12 nitrogen and oxygen atoms in total. The number of carboxylic acid groups (broad SMARTS) is 1. The summed E-state index contributed by atoms with van der Waals surface area (Å²) in [5.74, 6) is -3.20. The molecule has 3 N–H and O–H groups in total. The van der Waals surface area contributed by atoms with Crippen LogP contribution in [0.15, 0.2) is 109 Å². The largest absolute Gasteiger partial charge is 0.479 e. The molecule has 1 aliphatic heterocycles. The zero-order valence-electron chi connectivity index (χ0n) is 52.2. The first-order valence-corrected chi connectivity index (χ1v) is 32.9. The van der Waals surface area contributed by atoms with Crippen molar-refractivity contribution >= 4 is 23.9 Å². The summed E-state index contributed by atoms with van der Waals surface area (Å²) in [6.07, 6.45) is 66.1. The first-order chi connectivity index (χ1) is 40.6. The van der Waals surface area contributed by atoms with Gasteiger partial charge in [0.15, 0.2) is 24.6 Å². The molecule has 0 saturated carbocycles. The summed E-state index contributed by atoms with van der Waals surface area (Å²) < 4.78 is 28.5. The van der Waals surface area contributed by atoms with Crippen LogP contribution in [0.1, 0.15) is 265 Å². The third-order valence-electron chi connectivity index (χ3n) is 14.3. The summed E-state index contributed by atoms with van der Waals surface area (Å²) in [4.78, 5) is 51.4. The predicted octanol–water partition coefficient (Wildman–Crippen LogP) is 17.8. The molecule has 0 radical (unpaired) electrons. The molecular weight excluding hydrogens is 1040 g/mol. The van der Waals surface area contributed by atoms with Gasteiger partial charge in [0.2, 0.25) is 0 Å². The Hall–Kier alpha value is -4.62. The minimum Gasteiger partial charge on any atom is -0.479 e. The number of esters is 3. The molecule has 1 saturated heterocycles. The monoisotopic (exact) mass is 1160 g/mol. The molecule has 83 heavy (non-hydrogen) atoms. The van der Waals surface area contributed by atoms with Crippen LogP contribution in [0.2, 0.25) is 0 Å². The lowest BCUT2D eigenvalue weighted by molar-refractivity contribution is -0.301. The highest BCUT2D eigenvalue weighted by Crippen LogP contribution is 2.26. The third-order valence-corrected chi connectivity index (χ3v) is 14.3. The summed E-state index contributed by atoms with van der Waals surface area (Å²) in [5.41, 5.74) is 0. The Balaban J connectivity index is 2.69. The van der Waals surface area contributed by atoms with Gasteiger partial charge in [-0.2, -0.15) is 0 Å². The summed E-state index contributed by atoms with van der Waals surface area (Å²) in [5, 5.41) is 31.6. The highest BCUT2D eigenvalue weighted by atomic mass is 16.7. The molecule has 0 amide bonds. The highest BCUT2D eigenvalue weighted by Gasteiger charge is 2.50. The van der Waals surface area contributed by atoms with Crippen LogP contribution in [-0.4, -0.2) is 89.2 Å². The second-order valence-electron chi connectivity index (χ2n) is 22.0. The van der Waals surface area contributed by atoms with Crippen LogP contribution < -0.4 is 0 Å². The molecule has 0 aliphatic carbocycles. The molecule has 6 atom stereocenters. The van der Waals surface area contributed by atoms with Gasteiger partial charge < -0.3 is 39.0 Å². The first kappa shape index (κ1) is 76.4. The zero-order chi connectivity index (χ0) is 60.3. The van der Waals surface area contributed by atoms with Crippen LogP contribution >= 0.6 is 0 Å². The highest BCUT2D eigenvalue weighted by molar-refractivity contribution is 5.74. The molecule has 1 fully saturated rings. The molecule has 0 aromatic heterocycles. The van der Waals surface area contributed by atoms with E-state index in [0.29, 0.717) is 25.7 Å². The molecule has 1 heterocycles. The van der Waals surface area contributed by atoms with Gasteiger partial charge in [-0.15, -0.1) is 0 Å². The Labute approximate surface area is 504 Å². The number of hydrogen-bond acceptors (Lipinski definition) is 11. The van der Waals surface area contributed by atoms with Crippen molar-refractivity contribution in [2.24, 2.45) is 0 Å². The minimum atomic E-state index is -1.93. The van der Waals surface area contributed by atoms with Crippen LogP contribution in [0.3, 0.4) is 0 Å². The number of carbonyl (C=O) groups excluding carboxylic acids is 3. The fourth-order valence-electron chi connectivity index (χ4n) is 9.28. The Morgan fingerprint density at radius 1 is 0.410 bits per heavy atom. The van der Waals surface area contributed by atoms with Crippen LogP contribution in [0.25, 0.3) is 0 Å². The SMILES string of the molecule is CC/C=C\C/C=C\C/C=C\C/C=C\CCCCC(=O)OC1C(OCC(COC(=O)CCCCCCCC/C=C\C/C=C\C/C=C\CCCCC)OC(=O)CCCCCCCCCCC/C=C\C/C=C\CCCCC)OC(C(=O)O)C(O)C1O. The predicted molar refractivity (Wildman–Crippen MR) is 340 cm³/mol. The zero-order valence-corrected chi connectivity index (χ0v) is 52.2. The standard InChI is InChI=1S/C71H116O12/c1-4-7-10-13-16-19-22-25-28-30-32-34-37-39-42-45-48-51-54-57-63(72)79-60-62(81-64(73)58-55-52-49-46-43-41-38-35-33-31-29-26-23-20-17-14-11-8-5-2)61-80-71-69(67(76)66(75)68(83-71)70(77)78)82-65(74)59-56-53-50-47-44-40-36-27-24-21-18-15-12-9-6-3/h9,12,16-21,25-29,32,34,36,44,47,62,66-69,71,75-76H,4-8,10-11,13-15,22-24,30-31,33,35,37-43,45-46,48-61H2,1-3H3,(H,77,78)/b12-9-,19-16-,20-17-,21-18-,28-25-,29-26-,34-32-,36-27-,47-44-. The number of aliphatic hydroxyl groups excluding tert-OH is 2. The van der Waals surface area contributed by atoms with Crippen molar-refractivity contribution in [1.82, 2.24) is 0 Å². The Bertz CT molecular complexity index is 1860. The van der Waals surface area contributed by atoms with Gasteiger partial charge in [-0.25, -0.2) is 4.79 Å². The molecule has 0 spiro atoms. The first-order valence-electron chi connectivity index (χ1n) is 32.9. The molecule has 12 heteroatoms. The number of carbonyl (C=O) groups is 4. The minimum absolute atomic E-state index is 0.00186. The van der Waals surface area contributed by atoms with Crippen molar-refractivity contribution in [3.63, 3.8) is 0 Å². The molecule has 0 aromatic rings. The van der Waals surface area contributed by atoms with Gasteiger partial charge >= 0.3 is 23.9 Å². The summed E-state index contributed by atoms with van der Waals surface area (Å²) in [6.45, 7) is 5.81. The maximum atomic E-state index is 13.2. The Morgan fingerprint density at radius 3 is 1.18 bits per heavy atom. The quantitative estimate of drug-likeness (QED) is 0.0228. The number of aliphatic hydroxyl groups is 2. The molecule has 6 unspecified atom stereocenters. The van der Waals surface area contributed by atoms with Gasteiger partial charge in [0.05, 0.1) is 6.61 Å². The van der Waals surface area contributed by atoms with E-state index >= 15 is 0 Å². The lowest BCUT2D eigenvalue weighted by Crippen LogP contribution is -2.61. The van der Waals surface area contributed by atoms with Crippen molar-refractivity contribution in [1.29, 1.82) is 0 Å². The topological polar surface area (TPSA) is 175 Å². The average molecular weight is 1160 g/mol.